The molecule has 2 heterocycles. The molecule has 4 rings (SSSR count). The highest BCUT2D eigenvalue weighted by Gasteiger charge is 2.22. The third kappa shape index (κ3) is 5.03. The van der Waals surface area contributed by atoms with Crippen LogP contribution >= 0.6 is 23.8 Å². The molecule has 7 nitrogen and oxygen atoms in total. The summed E-state index contributed by atoms with van der Waals surface area (Å²) in [7, 11) is 1.36. The molecule has 1 saturated heterocycles. The summed E-state index contributed by atoms with van der Waals surface area (Å²) < 4.78 is 4.76. The van der Waals surface area contributed by atoms with Crippen LogP contribution in [0.4, 0.5) is 11.5 Å². The van der Waals surface area contributed by atoms with Crippen LogP contribution < -0.4 is 15.5 Å². The zero-order chi connectivity index (χ0) is 21.8. The second kappa shape index (κ2) is 9.45. The SMILES string of the molecule is COC(=O)c1cccc(NC(=S)NC2CCN(c3ncnc4cc(Cl)ccc34)CC2)c1. The van der Waals surface area contributed by atoms with Gasteiger partial charge in [0.05, 0.1) is 18.2 Å². The highest BCUT2D eigenvalue weighted by molar-refractivity contribution is 7.80. The maximum absolute atomic E-state index is 11.7. The summed E-state index contributed by atoms with van der Waals surface area (Å²) >= 11 is 11.6. The summed E-state index contributed by atoms with van der Waals surface area (Å²) in [4.78, 5) is 22.8. The number of rotatable bonds is 4. The van der Waals surface area contributed by atoms with Gasteiger partial charge in [0.15, 0.2) is 5.11 Å². The first-order valence-corrected chi connectivity index (χ1v) is 10.7. The van der Waals surface area contributed by atoms with Crippen LogP contribution in [0.1, 0.15) is 23.2 Å². The van der Waals surface area contributed by atoms with Crippen LogP contribution in [0.15, 0.2) is 48.8 Å². The largest absolute Gasteiger partial charge is 0.465 e. The molecule has 31 heavy (non-hydrogen) atoms. The van der Waals surface area contributed by atoms with Gasteiger partial charge in [0.2, 0.25) is 0 Å². The molecular formula is C22H22ClN5O2S. The number of benzene rings is 2. The molecule has 0 unspecified atom stereocenters. The van der Waals surface area contributed by atoms with Crippen LogP contribution in [0, 0.1) is 0 Å². The number of thiocarbonyl (C=S) groups is 1. The molecule has 160 valence electrons. The summed E-state index contributed by atoms with van der Waals surface area (Å²) in [5.74, 6) is 0.551. The number of carbonyl (C=O) groups excluding carboxylic acids is 1. The molecule has 0 radical (unpaired) electrons. The van der Waals surface area contributed by atoms with Gasteiger partial charge in [-0.1, -0.05) is 17.7 Å². The van der Waals surface area contributed by atoms with Crippen molar-refractivity contribution in [3.63, 3.8) is 0 Å². The fourth-order valence-electron chi connectivity index (χ4n) is 3.70. The van der Waals surface area contributed by atoms with Crippen molar-refractivity contribution in [1.82, 2.24) is 15.3 Å². The summed E-state index contributed by atoms with van der Waals surface area (Å²) in [5.41, 5.74) is 2.06. The van der Waals surface area contributed by atoms with Crippen molar-refractivity contribution in [2.24, 2.45) is 0 Å². The van der Waals surface area contributed by atoms with Crippen LogP contribution in [0.3, 0.4) is 0 Å². The molecule has 9 heteroatoms. The third-order valence-corrected chi connectivity index (χ3v) is 5.70. The molecule has 0 amide bonds. The fourth-order valence-corrected chi connectivity index (χ4v) is 4.15. The van der Waals surface area contributed by atoms with E-state index >= 15 is 0 Å². The first-order chi connectivity index (χ1) is 15.0. The molecule has 0 saturated carbocycles. The van der Waals surface area contributed by atoms with Crippen molar-refractivity contribution in [3.8, 4) is 0 Å². The lowest BCUT2D eigenvalue weighted by atomic mass is 10.0. The van der Waals surface area contributed by atoms with E-state index in [4.69, 9.17) is 28.6 Å². The minimum atomic E-state index is -0.380. The van der Waals surface area contributed by atoms with Crippen LogP contribution in [0.5, 0.6) is 0 Å². The average Bonchev–Trinajstić information content (AvgIpc) is 2.78. The molecule has 3 aromatic rings. The zero-order valence-corrected chi connectivity index (χ0v) is 18.5. The van der Waals surface area contributed by atoms with Gasteiger partial charge < -0.3 is 20.3 Å². The molecule has 2 aromatic carbocycles. The minimum absolute atomic E-state index is 0.252. The van der Waals surface area contributed by atoms with E-state index in [2.05, 4.69) is 25.5 Å². The van der Waals surface area contributed by atoms with Crippen LogP contribution in [-0.4, -0.2) is 47.3 Å². The topological polar surface area (TPSA) is 79.4 Å². The molecule has 1 fully saturated rings. The first kappa shape index (κ1) is 21.3. The van der Waals surface area contributed by atoms with Crippen LogP contribution in [0.2, 0.25) is 5.02 Å². The summed E-state index contributed by atoms with van der Waals surface area (Å²) in [6.07, 6.45) is 3.42. The van der Waals surface area contributed by atoms with Gasteiger partial charge in [-0.2, -0.15) is 0 Å². The van der Waals surface area contributed by atoms with Crippen molar-refractivity contribution in [1.29, 1.82) is 0 Å². The Kier molecular flexibility index (Phi) is 6.48. The van der Waals surface area contributed by atoms with Crippen molar-refractivity contribution >= 4 is 57.3 Å². The van der Waals surface area contributed by atoms with Gasteiger partial charge >= 0.3 is 5.97 Å². The Bertz CT molecular complexity index is 1120. The Balaban J connectivity index is 1.35. The minimum Gasteiger partial charge on any atom is -0.465 e. The number of anilines is 2. The van der Waals surface area contributed by atoms with Gasteiger partial charge in [0.25, 0.3) is 0 Å². The van der Waals surface area contributed by atoms with Crippen molar-refractivity contribution in [2.45, 2.75) is 18.9 Å². The molecule has 0 atom stereocenters. The predicted octanol–water partition coefficient (Wildman–Crippen LogP) is 4.03. The second-order valence-corrected chi connectivity index (χ2v) is 8.14. The van der Waals surface area contributed by atoms with Gasteiger partial charge in [0, 0.05) is 35.2 Å². The normalized spacial score (nSPS) is 14.3. The van der Waals surface area contributed by atoms with Gasteiger partial charge in [0.1, 0.15) is 12.1 Å². The summed E-state index contributed by atoms with van der Waals surface area (Å²) in [6.45, 7) is 1.71. The first-order valence-electron chi connectivity index (χ1n) is 9.94. The number of hydrogen-bond acceptors (Lipinski definition) is 6. The molecule has 1 aliphatic heterocycles. The molecule has 2 N–H and O–H groups in total. The Labute approximate surface area is 190 Å². The second-order valence-electron chi connectivity index (χ2n) is 7.29. The van der Waals surface area contributed by atoms with E-state index in [9.17, 15) is 4.79 Å². The molecule has 0 spiro atoms. The standard InChI is InChI=1S/C22H22ClN5O2S/c1-30-21(29)14-3-2-4-17(11-14)27-22(31)26-16-7-9-28(10-8-16)20-18-6-5-15(23)12-19(18)24-13-25-20/h2-6,11-13,16H,7-10H2,1H3,(H2,26,27,31). The van der Waals surface area contributed by atoms with E-state index < -0.39 is 0 Å². The van der Waals surface area contributed by atoms with E-state index in [-0.39, 0.29) is 12.0 Å². The molecule has 1 aromatic heterocycles. The number of halogens is 1. The number of fused-ring (bicyclic) bond motifs is 1. The van der Waals surface area contributed by atoms with Crippen molar-refractivity contribution < 1.29 is 9.53 Å². The third-order valence-electron chi connectivity index (χ3n) is 5.25. The Morgan fingerprint density at radius 2 is 2.00 bits per heavy atom. The van der Waals surface area contributed by atoms with Crippen molar-refractivity contribution in [3.05, 3.63) is 59.4 Å². The smallest absolute Gasteiger partial charge is 0.337 e. The molecular weight excluding hydrogens is 434 g/mol. The monoisotopic (exact) mass is 455 g/mol. The Morgan fingerprint density at radius 3 is 2.77 bits per heavy atom. The lowest BCUT2D eigenvalue weighted by molar-refractivity contribution is 0.0601. The predicted molar refractivity (Wildman–Crippen MR) is 127 cm³/mol. The van der Waals surface area contributed by atoms with E-state index in [1.165, 1.54) is 7.11 Å². The number of carbonyl (C=O) groups is 1. The Hall–Kier alpha value is -2.97. The lowest BCUT2D eigenvalue weighted by Crippen LogP contribution is -2.46. The number of nitrogens with one attached hydrogen (secondary N) is 2. The lowest BCUT2D eigenvalue weighted by Gasteiger charge is -2.34. The number of aromatic nitrogens is 2. The Morgan fingerprint density at radius 1 is 1.19 bits per heavy atom. The summed E-state index contributed by atoms with van der Waals surface area (Å²) in [6, 6.07) is 13.0. The number of piperidine rings is 1. The van der Waals surface area contributed by atoms with E-state index in [1.54, 1.807) is 24.5 Å². The molecule has 0 bridgehead atoms. The van der Waals surface area contributed by atoms with Crippen LogP contribution in [0.25, 0.3) is 10.9 Å². The van der Waals surface area contributed by atoms with E-state index in [0.717, 1.165) is 48.3 Å². The molecule has 0 aliphatic carbocycles. The van der Waals surface area contributed by atoms with Gasteiger partial charge in [-0.3, -0.25) is 0 Å². The average molecular weight is 456 g/mol. The number of esters is 1. The number of nitrogens with zero attached hydrogens (tertiary/aromatic N) is 3. The zero-order valence-electron chi connectivity index (χ0n) is 17.0. The highest BCUT2D eigenvalue weighted by atomic mass is 35.5. The van der Waals surface area contributed by atoms with Gasteiger partial charge in [-0.25, -0.2) is 14.8 Å². The number of methoxy groups -OCH3 is 1. The van der Waals surface area contributed by atoms with E-state index in [0.29, 0.717) is 15.7 Å². The van der Waals surface area contributed by atoms with Crippen molar-refractivity contribution in [2.75, 3.05) is 30.4 Å². The number of ether oxygens (including phenoxy) is 1. The van der Waals surface area contributed by atoms with E-state index in [1.807, 2.05) is 24.3 Å². The van der Waals surface area contributed by atoms with Gasteiger partial charge in [-0.05, 0) is 61.5 Å². The quantitative estimate of drug-likeness (QED) is 0.451. The summed E-state index contributed by atoms with van der Waals surface area (Å²) in [5, 5.41) is 8.72. The maximum Gasteiger partial charge on any atom is 0.337 e. The molecule has 1 aliphatic rings. The fraction of sp³-hybridized carbons (Fsp3) is 0.273. The maximum atomic E-state index is 11.7. The number of hydrogen-bond donors (Lipinski definition) is 2. The highest BCUT2D eigenvalue weighted by Crippen LogP contribution is 2.27. The van der Waals surface area contributed by atoms with Gasteiger partial charge in [-0.15, -0.1) is 0 Å². The van der Waals surface area contributed by atoms with Crippen LogP contribution in [-0.2, 0) is 4.74 Å².